The predicted octanol–water partition coefficient (Wildman–Crippen LogP) is 3.81. The number of aromatic nitrogens is 4. The Bertz CT molecular complexity index is 1130. The SMILES string of the molecule is CCC[C@H](C(=O)NC1CCCC1)N(C(=O)Cn1nnc(-c2ccc(C)o2)n1)c1ccccc1C. The molecule has 0 bridgehead atoms. The maximum atomic E-state index is 13.7. The Morgan fingerprint density at radius 2 is 1.94 bits per heavy atom. The lowest BCUT2D eigenvalue weighted by Crippen LogP contribution is -2.52. The van der Waals surface area contributed by atoms with E-state index in [1.54, 1.807) is 11.0 Å². The number of tetrazole rings is 1. The highest BCUT2D eigenvalue weighted by Crippen LogP contribution is 2.26. The van der Waals surface area contributed by atoms with Gasteiger partial charge in [-0.15, -0.1) is 10.2 Å². The van der Waals surface area contributed by atoms with Crippen molar-refractivity contribution in [2.75, 3.05) is 4.90 Å². The van der Waals surface area contributed by atoms with Gasteiger partial charge in [-0.3, -0.25) is 14.5 Å². The predicted molar refractivity (Wildman–Crippen MR) is 128 cm³/mol. The summed E-state index contributed by atoms with van der Waals surface area (Å²) in [6.07, 6.45) is 5.54. The minimum atomic E-state index is -0.616. The Morgan fingerprint density at radius 3 is 2.62 bits per heavy atom. The third-order valence-electron chi connectivity index (χ3n) is 6.21. The Morgan fingerprint density at radius 1 is 1.18 bits per heavy atom. The molecule has 1 aromatic carbocycles. The lowest BCUT2D eigenvalue weighted by Gasteiger charge is -2.32. The van der Waals surface area contributed by atoms with E-state index in [0.29, 0.717) is 18.0 Å². The number of rotatable bonds is 9. The van der Waals surface area contributed by atoms with Crippen molar-refractivity contribution in [3.05, 3.63) is 47.7 Å². The van der Waals surface area contributed by atoms with E-state index in [9.17, 15) is 9.59 Å². The molecule has 34 heavy (non-hydrogen) atoms. The summed E-state index contributed by atoms with van der Waals surface area (Å²) >= 11 is 0. The Balaban J connectivity index is 1.60. The van der Waals surface area contributed by atoms with Gasteiger partial charge in [0.1, 0.15) is 18.3 Å². The summed E-state index contributed by atoms with van der Waals surface area (Å²) in [7, 11) is 0. The lowest BCUT2D eigenvalue weighted by atomic mass is 10.0. The monoisotopic (exact) mass is 464 g/mol. The fourth-order valence-corrected chi connectivity index (χ4v) is 4.49. The van der Waals surface area contributed by atoms with Crippen LogP contribution in [0.3, 0.4) is 0 Å². The zero-order valence-corrected chi connectivity index (χ0v) is 20.0. The van der Waals surface area contributed by atoms with Crippen molar-refractivity contribution >= 4 is 17.5 Å². The molecule has 0 radical (unpaired) electrons. The molecule has 9 nitrogen and oxygen atoms in total. The molecule has 1 fully saturated rings. The second-order valence-corrected chi connectivity index (χ2v) is 8.90. The number of furan rings is 1. The largest absolute Gasteiger partial charge is 0.458 e. The van der Waals surface area contributed by atoms with Gasteiger partial charge in [0.15, 0.2) is 5.76 Å². The molecule has 1 aliphatic carbocycles. The van der Waals surface area contributed by atoms with Crippen LogP contribution in [0.1, 0.15) is 56.8 Å². The van der Waals surface area contributed by atoms with Crippen LogP contribution in [-0.4, -0.2) is 44.1 Å². The van der Waals surface area contributed by atoms with Crippen molar-refractivity contribution in [2.24, 2.45) is 0 Å². The van der Waals surface area contributed by atoms with Gasteiger partial charge < -0.3 is 9.73 Å². The summed E-state index contributed by atoms with van der Waals surface area (Å²) in [5.41, 5.74) is 1.64. The van der Waals surface area contributed by atoms with E-state index in [1.807, 2.05) is 51.1 Å². The van der Waals surface area contributed by atoms with E-state index >= 15 is 0 Å². The molecule has 9 heteroatoms. The average molecular weight is 465 g/mol. The van der Waals surface area contributed by atoms with Gasteiger partial charge >= 0.3 is 0 Å². The second-order valence-electron chi connectivity index (χ2n) is 8.90. The van der Waals surface area contributed by atoms with Crippen LogP contribution in [-0.2, 0) is 16.1 Å². The molecule has 1 aliphatic rings. The molecule has 0 spiro atoms. The molecule has 3 aromatic rings. The van der Waals surface area contributed by atoms with Crippen molar-refractivity contribution in [1.82, 2.24) is 25.5 Å². The first-order valence-corrected chi connectivity index (χ1v) is 12.0. The summed E-state index contributed by atoms with van der Waals surface area (Å²) in [6, 6.07) is 10.8. The van der Waals surface area contributed by atoms with Gasteiger partial charge in [0, 0.05) is 11.7 Å². The zero-order chi connectivity index (χ0) is 24.1. The number of para-hydroxylation sites is 1. The third kappa shape index (κ3) is 5.35. The van der Waals surface area contributed by atoms with Crippen LogP contribution in [0.25, 0.3) is 11.6 Å². The summed E-state index contributed by atoms with van der Waals surface area (Å²) in [5, 5.41) is 15.6. The highest BCUT2D eigenvalue weighted by Gasteiger charge is 2.33. The van der Waals surface area contributed by atoms with Crippen LogP contribution < -0.4 is 10.2 Å². The molecule has 2 aromatic heterocycles. The number of anilines is 1. The molecule has 0 saturated heterocycles. The average Bonchev–Trinajstić information content (AvgIpc) is 3.57. The first-order valence-electron chi connectivity index (χ1n) is 12.0. The van der Waals surface area contributed by atoms with Crippen LogP contribution in [0.15, 0.2) is 40.8 Å². The molecular weight excluding hydrogens is 432 g/mol. The molecule has 180 valence electrons. The molecule has 4 rings (SSSR count). The standard InChI is InChI=1S/C25H32N6O3/c1-4-9-21(25(33)26-19-11-6-7-12-19)31(20-13-8-5-10-17(20)2)23(32)16-30-28-24(27-29-30)22-15-14-18(3)34-22/h5,8,10,13-15,19,21H,4,6-7,9,11-12,16H2,1-3H3,(H,26,33)/t21-/m1/s1. The van der Waals surface area contributed by atoms with Gasteiger partial charge in [0.05, 0.1) is 0 Å². The van der Waals surface area contributed by atoms with Crippen LogP contribution in [0.2, 0.25) is 0 Å². The fraction of sp³-hybridized carbons (Fsp3) is 0.480. The molecule has 1 atom stereocenters. The maximum Gasteiger partial charge on any atom is 0.251 e. The van der Waals surface area contributed by atoms with Crippen molar-refractivity contribution in [3.63, 3.8) is 0 Å². The quantitative estimate of drug-likeness (QED) is 0.516. The molecule has 2 amide bonds. The van der Waals surface area contributed by atoms with Crippen LogP contribution in [0, 0.1) is 13.8 Å². The Kier molecular flexibility index (Phi) is 7.40. The molecule has 0 aliphatic heterocycles. The first-order chi connectivity index (χ1) is 16.5. The van der Waals surface area contributed by atoms with E-state index in [4.69, 9.17) is 4.42 Å². The van der Waals surface area contributed by atoms with Crippen molar-refractivity contribution in [3.8, 4) is 11.6 Å². The number of carbonyl (C=O) groups excluding carboxylic acids is 2. The van der Waals surface area contributed by atoms with Crippen LogP contribution in [0.4, 0.5) is 5.69 Å². The van der Waals surface area contributed by atoms with Crippen molar-refractivity contribution in [1.29, 1.82) is 0 Å². The summed E-state index contributed by atoms with van der Waals surface area (Å²) in [5.74, 6) is 1.17. The number of nitrogens with one attached hydrogen (secondary N) is 1. The van der Waals surface area contributed by atoms with Gasteiger partial charge in [-0.2, -0.15) is 4.80 Å². The molecular formula is C25H32N6O3. The number of amides is 2. The Labute approximate surface area is 199 Å². The van der Waals surface area contributed by atoms with Gasteiger partial charge in [-0.05, 0) is 62.1 Å². The zero-order valence-electron chi connectivity index (χ0n) is 20.0. The summed E-state index contributed by atoms with van der Waals surface area (Å²) < 4.78 is 5.56. The summed E-state index contributed by atoms with van der Waals surface area (Å²) in [4.78, 5) is 29.9. The molecule has 0 unspecified atom stereocenters. The molecule has 1 saturated carbocycles. The molecule has 2 heterocycles. The summed E-state index contributed by atoms with van der Waals surface area (Å²) in [6.45, 7) is 5.66. The lowest BCUT2D eigenvalue weighted by molar-refractivity contribution is -0.127. The Hall–Kier alpha value is -3.49. The van der Waals surface area contributed by atoms with Crippen molar-refractivity contribution < 1.29 is 14.0 Å². The first kappa shape index (κ1) is 23.7. The number of nitrogens with zero attached hydrogens (tertiary/aromatic N) is 5. The van der Waals surface area contributed by atoms with Gasteiger partial charge in [-0.25, -0.2) is 0 Å². The second kappa shape index (κ2) is 10.6. The van der Waals surface area contributed by atoms with E-state index in [1.165, 1.54) is 4.80 Å². The van der Waals surface area contributed by atoms with Gasteiger partial charge in [-0.1, -0.05) is 44.4 Å². The fourth-order valence-electron chi connectivity index (χ4n) is 4.49. The van der Waals surface area contributed by atoms with Crippen LogP contribution in [0.5, 0.6) is 0 Å². The minimum Gasteiger partial charge on any atom is -0.458 e. The van der Waals surface area contributed by atoms with E-state index in [0.717, 1.165) is 49.1 Å². The number of hydrogen-bond acceptors (Lipinski definition) is 6. The number of benzene rings is 1. The number of aryl methyl sites for hydroxylation is 2. The number of carbonyl (C=O) groups is 2. The minimum absolute atomic E-state index is 0.108. The topological polar surface area (TPSA) is 106 Å². The van der Waals surface area contributed by atoms with Gasteiger partial charge in [0.25, 0.3) is 5.91 Å². The van der Waals surface area contributed by atoms with Gasteiger partial charge in [0.2, 0.25) is 11.7 Å². The maximum absolute atomic E-state index is 13.7. The van der Waals surface area contributed by atoms with E-state index in [2.05, 4.69) is 20.7 Å². The van der Waals surface area contributed by atoms with E-state index < -0.39 is 6.04 Å². The highest BCUT2D eigenvalue weighted by atomic mass is 16.3. The van der Waals surface area contributed by atoms with E-state index in [-0.39, 0.29) is 24.4 Å². The van der Waals surface area contributed by atoms with Crippen molar-refractivity contribution in [2.45, 2.75) is 77.9 Å². The third-order valence-corrected chi connectivity index (χ3v) is 6.21. The smallest absolute Gasteiger partial charge is 0.251 e. The normalized spacial score (nSPS) is 14.8. The highest BCUT2D eigenvalue weighted by molar-refractivity contribution is 6.01. The van der Waals surface area contributed by atoms with Crippen LogP contribution >= 0.6 is 0 Å². The number of hydrogen-bond donors (Lipinski definition) is 1. The molecule has 1 N–H and O–H groups in total.